The maximum atomic E-state index is 10.4. The van der Waals surface area contributed by atoms with Gasteiger partial charge in [-0.05, 0) is 19.1 Å². The van der Waals surface area contributed by atoms with Gasteiger partial charge in [-0.25, -0.2) is 4.98 Å². The molecule has 0 saturated heterocycles. The summed E-state index contributed by atoms with van der Waals surface area (Å²) in [6, 6.07) is 3.73. The summed E-state index contributed by atoms with van der Waals surface area (Å²) in [7, 11) is 0. The number of carbonyl (C=O) groups is 1. The summed E-state index contributed by atoms with van der Waals surface area (Å²) in [5, 5.41) is 10.4. The zero-order chi connectivity index (χ0) is 11.5. The van der Waals surface area contributed by atoms with Crippen LogP contribution in [0.4, 0.5) is 0 Å². The van der Waals surface area contributed by atoms with Gasteiger partial charge in [-0.15, -0.1) is 11.3 Å². The van der Waals surface area contributed by atoms with Crippen molar-refractivity contribution in [3.05, 3.63) is 23.3 Å². The first-order chi connectivity index (χ1) is 7.65. The van der Waals surface area contributed by atoms with Crippen LogP contribution in [-0.2, 0) is 4.79 Å². The summed E-state index contributed by atoms with van der Waals surface area (Å²) in [5.74, 6) is 0.749. The van der Waals surface area contributed by atoms with E-state index in [1.54, 1.807) is 0 Å². The predicted molar refractivity (Wildman–Crippen MR) is 62.9 cm³/mol. The van der Waals surface area contributed by atoms with Crippen LogP contribution in [0.2, 0.25) is 0 Å². The van der Waals surface area contributed by atoms with Crippen molar-refractivity contribution >= 4 is 29.1 Å². The summed E-state index contributed by atoms with van der Waals surface area (Å²) >= 11 is 2.64. The SMILES string of the molecule is Cc1ccc(-c2csc(SCC(=O)O)n2)o1. The van der Waals surface area contributed by atoms with Gasteiger partial charge in [0.25, 0.3) is 0 Å². The molecule has 6 heteroatoms. The fourth-order valence-electron chi connectivity index (χ4n) is 1.13. The van der Waals surface area contributed by atoms with Gasteiger partial charge in [0.05, 0.1) is 5.75 Å². The number of aromatic nitrogens is 1. The maximum absolute atomic E-state index is 10.4. The van der Waals surface area contributed by atoms with E-state index < -0.39 is 5.97 Å². The molecule has 0 aliphatic heterocycles. The molecule has 2 rings (SSSR count). The van der Waals surface area contributed by atoms with Crippen LogP contribution in [0.3, 0.4) is 0 Å². The molecular weight excluding hydrogens is 246 g/mol. The van der Waals surface area contributed by atoms with Crippen molar-refractivity contribution in [1.82, 2.24) is 4.98 Å². The first-order valence-electron chi connectivity index (χ1n) is 4.52. The lowest BCUT2D eigenvalue weighted by Gasteiger charge is -1.90. The predicted octanol–water partition coefficient (Wildman–Crippen LogP) is 2.89. The van der Waals surface area contributed by atoms with Gasteiger partial charge in [-0.2, -0.15) is 0 Å². The Morgan fingerprint density at radius 1 is 1.62 bits per heavy atom. The Hall–Kier alpha value is -1.27. The first kappa shape index (κ1) is 11.2. The quantitative estimate of drug-likeness (QED) is 0.851. The molecule has 2 heterocycles. The second-order valence-corrected chi connectivity index (χ2v) is 5.17. The maximum Gasteiger partial charge on any atom is 0.313 e. The third-order valence-corrected chi connectivity index (χ3v) is 3.80. The summed E-state index contributed by atoms with van der Waals surface area (Å²) in [5.41, 5.74) is 0.756. The molecule has 1 N–H and O–H groups in total. The number of carboxylic acids is 1. The van der Waals surface area contributed by atoms with E-state index in [4.69, 9.17) is 9.52 Å². The van der Waals surface area contributed by atoms with Crippen molar-refractivity contribution in [3.63, 3.8) is 0 Å². The Morgan fingerprint density at radius 2 is 2.44 bits per heavy atom. The third kappa shape index (κ3) is 2.65. The van der Waals surface area contributed by atoms with Gasteiger partial charge in [-0.1, -0.05) is 11.8 Å². The average molecular weight is 255 g/mol. The highest BCUT2D eigenvalue weighted by Gasteiger charge is 2.09. The van der Waals surface area contributed by atoms with E-state index in [-0.39, 0.29) is 5.75 Å². The van der Waals surface area contributed by atoms with Crippen LogP contribution in [0.15, 0.2) is 26.3 Å². The molecule has 0 saturated carbocycles. The Labute approximate surface area is 100 Å². The molecular formula is C10H9NO3S2. The van der Waals surface area contributed by atoms with Crippen molar-refractivity contribution in [1.29, 1.82) is 0 Å². The van der Waals surface area contributed by atoms with Gasteiger partial charge in [0.2, 0.25) is 0 Å². The molecule has 16 heavy (non-hydrogen) atoms. The molecule has 0 bridgehead atoms. The zero-order valence-electron chi connectivity index (χ0n) is 8.47. The lowest BCUT2D eigenvalue weighted by molar-refractivity contribution is -0.133. The molecule has 0 radical (unpaired) electrons. The second kappa shape index (κ2) is 4.71. The molecule has 0 aliphatic carbocycles. The lowest BCUT2D eigenvalue weighted by Crippen LogP contribution is -1.96. The van der Waals surface area contributed by atoms with Gasteiger partial charge in [0, 0.05) is 5.38 Å². The van der Waals surface area contributed by atoms with E-state index >= 15 is 0 Å². The second-order valence-electron chi connectivity index (χ2n) is 3.09. The molecule has 0 spiro atoms. The monoisotopic (exact) mass is 255 g/mol. The van der Waals surface area contributed by atoms with Gasteiger partial charge in [-0.3, -0.25) is 4.79 Å². The van der Waals surface area contributed by atoms with Crippen LogP contribution in [0.5, 0.6) is 0 Å². The van der Waals surface area contributed by atoms with Crippen LogP contribution in [0.1, 0.15) is 5.76 Å². The summed E-state index contributed by atoms with van der Waals surface area (Å²) in [4.78, 5) is 14.7. The van der Waals surface area contributed by atoms with Crippen molar-refractivity contribution in [2.75, 3.05) is 5.75 Å². The number of carboxylic acid groups (broad SMARTS) is 1. The third-order valence-electron chi connectivity index (χ3n) is 1.80. The van der Waals surface area contributed by atoms with E-state index in [1.807, 2.05) is 24.4 Å². The summed E-state index contributed by atoms with van der Waals surface area (Å²) in [6.07, 6.45) is 0. The largest absolute Gasteiger partial charge is 0.481 e. The van der Waals surface area contributed by atoms with Crippen molar-refractivity contribution in [3.8, 4) is 11.5 Å². The number of nitrogens with zero attached hydrogens (tertiary/aromatic N) is 1. The van der Waals surface area contributed by atoms with E-state index in [2.05, 4.69) is 4.98 Å². The van der Waals surface area contributed by atoms with Crippen molar-refractivity contribution in [2.24, 2.45) is 0 Å². The van der Waals surface area contributed by atoms with Crippen molar-refractivity contribution < 1.29 is 14.3 Å². The van der Waals surface area contributed by atoms with Gasteiger partial charge >= 0.3 is 5.97 Å². The van der Waals surface area contributed by atoms with E-state index in [0.717, 1.165) is 21.6 Å². The molecule has 84 valence electrons. The van der Waals surface area contributed by atoms with Crippen LogP contribution in [0, 0.1) is 6.92 Å². The molecule has 4 nitrogen and oxygen atoms in total. The van der Waals surface area contributed by atoms with Gasteiger partial charge in [0.15, 0.2) is 10.1 Å². The highest BCUT2D eigenvalue weighted by molar-refractivity contribution is 8.01. The number of thioether (sulfide) groups is 1. The Balaban J connectivity index is 2.10. The van der Waals surface area contributed by atoms with Gasteiger partial charge in [0.1, 0.15) is 11.5 Å². The molecule has 2 aromatic heterocycles. The lowest BCUT2D eigenvalue weighted by atomic mass is 10.4. The minimum Gasteiger partial charge on any atom is -0.481 e. The molecule has 0 aliphatic rings. The van der Waals surface area contributed by atoms with Gasteiger partial charge < -0.3 is 9.52 Å². The number of aliphatic carboxylic acids is 1. The fraction of sp³-hybridized carbons (Fsp3) is 0.200. The molecule has 2 aromatic rings. The summed E-state index contributed by atoms with van der Waals surface area (Å²) < 4.78 is 6.17. The number of thiazole rings is 1. The van der Waals surface area contributed by atoms with Crippen LogP contribution in [-0.4, -0.2) is 21.8 Å². The number of hydrogen-bond acceptors (Lipinski definition) is 5. The topological polar surface area (TPSA) is 63.3 Å². The molecule has 0 amide bonds. The Morgan fingerprint density at radius 3 is 3.06 bits per heavy atom. The van der Waals surface area contributed by atoms with Crippen molar-refractivity contribution in [2.45, 2.75) is 11.3 Å². The fourth-order valence-corrected chi connectivity index (χ4v) is 2.67. The molecule has 0 unspecified atom stereocenters. The van der Waals surface area contributed by atoms with E-state index in [1.165, 1.54) is 23.1 Å². The molecule has 0 aromatic carbocycles. The zero-order valence-corrected chi connectivity index (χ0v) is 10.1. The van der Waals surface area contributed by atoms with Crippen LogP contribution < -0.4 is 0 Å². The molecule has 0 fully saturated rings. The highest BCUT2D eigenvalue weighted by Crippen LogP contribution is 2.28. The average Bonchev–Trinajstić information content (AvgIpc) is 2.83. The normalized spacial score (nSPS) is 10.6. The molecule has 0 atom stereocenters. The minimum atomic E-state index is -0.837. The smallest absolute Gasteiger partial charge is 0.313 e. The minimum absolute atomic E-state index is 0.0319. The highest BCUT2D eigenvalue weighted by atomic mass is 32.2. The number of aryl methyl sites for hydroxylation is 1. The Bertz CT molecular complexity index is 504. The number of hydrogen-bond donors (Lipinski definition) is 1. The summed E-state index contributed by atoms with van der Waals surface area (Å²) in [6.45, 7) is 1.87. The van der Waals surface area contributed by atoms with Crippen LogP contribution in [0.25, 0.3) is 11.5 Å². The Kier molecular flexibility index (Phi) is 3.31. The van der Waals surface area contributed by atoms with E-state index in [0.29, 0.717) is 0 Å². The van der Waals surface area contributed by atoms with E-state index in [9.17, 15) is 4.79 Å². The van der Waals surface area contributed by atoms with Crippen LogP contribution >= 0.6 is 23.1 Å². The number of rotatable bonds is 4. The number of furan rings is 1. The standard InChI is InChI=1S/C10H9NO3S2/c1-6-2-3-8(14-6)7-4-15-10(11-7)16-5-9(12)13/h2-4H,5H2,1H3,(H,12,13). The first-order valence-corrected chi connectivity index (χ1v) is 6.38.